The number of hydrogen-bond donors (Lipinski definition) is 1. The molecular weight excluding hydrogens is 312 g/mol. The number of hydrogen-bond acceptors (Lipinski definition) is 7. The van der Waals surface area contributed by atoms with Crippen LogP contribution in [0, 0.1) is 24.0 Å². The van der Waals surface area contributed by atoms with Gasteiger partial charge in [-0.05, 0) is 33.1 Å². The van der Waals surface area contributed by atoms with E-state index in [1.807, 2.05) is 0 Å². The monoisotopic (exact) mass is 332 g/mol. The minimum atomic E-state index is -0.460. The molecule has 1 aliphatic rings. The largest absolute Gasteiger partial charge is 0.376 e. The Morgan fingerprint density at radius 2 is 2.25 bits per heavy atom. The molecule has 3 heterocycles. The maximum atomic E-state index is 11.4. The maximum absolute atomic E-state index is 11.4. The van der Waals surface area contributed by atoms with Crippen LogP contribution in [0.25, 0.3) is 5.82 Å². The number of rotatable bonds is 5. The highest BCUT2D eigenvalue weighted by atomic mass is 16.6. The number of aryl methyl sites for hydroxylation is 2. The standard InChI is InChI=1S/C15H20N6O3/c1-10-13(21(22)23)14(20-7-6-16-11(20)2)19-15(18-10)17-9-12-5-3-4-8-24-12/h6-7,12H,3-5,8-9H2,1-2H3,(H,17,18,19). The zero-order valence-corrected chi connectivity index (χ0v) is 13.7. The molecule has 24 heavy (non-hydrogen) atoms. The van der Waals surface area contributed by atoms with E-state index in [9.17, 15) is 10.1 Å². The molecule has 0 bridgehead atoms. The summed E-state index contributed by atoms with van der Waals surface area (Å²) in [6.45, 7) is 4.73. The smallest absolute Gasteiger partial charge is 0.333 e. The van der Waals surface area contributed by atoms with Crippen LogP contribution in [0.2, 0.25) is 0 Å². The van der Waals surface area contributed by atoms with E-state index >= 15 is 0 Å². The fourth-order valence-corrected chi connectivity index (χ4v) is 2.79. The first kappa shape index (κ1) is 16.3. The van der Waals surface area contributed by atoms with Crippen molar-refractivity contribution < 1.29 is 9.66 Å². The Labute approximate surface area is 139 Å². The molecule has 0 radical (unpaired) electrons. The van der Waals surface area contributed by atoms with Gasteiger partial charge in [0.25, 0.3) is 0 Å². The van der Waals surface area contributed by atoms with Crippen molar-refractivity contribution in [1.29, 1.82) is 0 Å². The zero-order valence-electron chi connectivity index (χ0n) is 13.7. The molecule has 1 N–H and O–H groups in total. The Bertz CT molecular complexity index is 739. The molecule has 1 atom stereocenters. The van der Waals surface area contributed by atoms with E-state index < -0.39 is 4.92 Å². The fraction of sp³-hybridized carbons (Fsp3) is 0.533. The van der Waals surface area contributed by atoms with Crippen LogP contribution >= 0.6 is 0 Å². The van der Waals surface area contributed by atoms with E-state index in [1.54, 1.807) is 30.8 Å². The normalized spacial score (nSPS) is 17.7. The van der Waals surface area contributed by atoms with E-state index in [0.29, 0.717) is 24.0 Å². The summed E-state index contributed by atoms with van der Waals surface area (Å²) in [5.41, 5.74) is 0.195. The van der Waals surface area contributed by atoms with Crippen molar-refractivity contribution in [3.05, 3.63) is 34.0 Å². The molecule has 0 spiro atoms. The average Bonchev–Trinajstić information content (AvgIpc) is 2.99. The summed E-state index contributed by atoms with van der Waals surface area (Å²) in [5.74, 6) is 1.20. The van der Waals surface area contributed by atoms with Crippen LogP contribution < -0.4 is 5.32 Å². The molecule has 0 amide bonds. The van der Waals surface area contributed by atoms with Crippen molar-refractivity contribution in [2.45, 2.75) is 39.2 Å². The first-order chi connectivity index (χ1) is 11.6. The van der Waals surface area contributed by atoms with Gasteiger partial charge in [-0.25, -0.2) is 9.97 Å². The molecule has 128 valence electrons. The molecule has 0 aliphatic carbocycles. The summed E-state index contributed by atoms with van der Waals surface area (Å²) in [4.78, 5) is 23.6. The summed E-state index contributed by atoms with van der Waals surface area (Å²) in [5, 5.41) is 14.6. The highest BCUT2D eigenvalue weighted by Gasteiger charge is 2.24. The molecule has 2 aromatic rings. The molecule has 1 saturated heterocycles. The number of ether oxygens (including phenoxy) is 1. The number of aromatic nitrogens is 4. The lowest BCUT2D eigenvalue weighted by Crippen LogP contribution is -2.27. The summed E-state index contributed by atoms with van der Waals surface area (Å²) < 4.78 is 7.26. The molecule has 2 aromatic heterocycles. The van der Waals surface area contributed by atoms with Crippen molar-refractivity contribution in [1.82, 2.24) is 19.5 Å². The van der Waals surface area contributed by atoms with Gasteiger partial charge >= 0.3 is 5.69 Å². The van der Waals surface area contributed by atoms with E-state index in [2.05, 4.69) is 20.3 Å². The summed E-state index contributed by atoms with van der Waals surface area (Å²) in [7, 11) is 0. The van der Waals surface area contributed by atoms with Gasteiger partial charge in [-0.1, -0.05) is 0 Å². The highest BCUT2D eigenvalue weighted by Crippen LogP contribution is 2.26. The van der Waals surface area contributed by atoms with Crippen molar-refractivity contribution >= 4 is 11.6 Å². The van der Waals surface area contributed by atoms with Crippen molar-refractivity contribution in [2.24, 2.45) is 0 Å². The number of imidazole rings is 1. The van der Waals surface area contributed by atoms with Crippen LogP contribution in [-0.2, 0) is 4.74 Å². The van der Waals surface area contributed by atoms with Crippen LogP contribution in [0.5, 0.6) is 0 Å². The van der Waals surface area contributed by atoms with Crippen molar-refractivity contribution in [3.63, 3.8) is 0 Å². The second kappa shape index (κ2) is 6.91. The zero-order chi connectivity index (χ0) is 17.1. The number of nitrogens with one attached hydrogen (secondary N) is 1. The van der Waals surface area contributed by atoms with Crippen LogP contribution in [0.3, 0.4) is 0 Å². The second-order valence-electron chi connectivity index (χ2n) is 5.78. The lowest BCUT2D eigenvalue weighted by Gasteiger charge is -2.22. The Balaban J connectivity index is 1.89. The minimum absolute atomic E-state index is 0.115. The number of nitrogens with zero attached hydrogens (tertiary/aromatic N) is 5. The van der Waals surface area contributed by atoms with E-state index in [-0.39, 0.29) is 17.6 Å². The first-order valence-corrected chi connectivity index (χ1v) is 7.95. The van der Waals surface area contributed by atoms with Crippen LogP contribution in [0.4, 0.5) is 11.6 Å². The fourth-order valence-electron chi connectivity index (χ4n) is 2.79. The molecule has 1 fully saturated rings. The van der Waals surface area contributed by atoms with Crippen LogP contribution in [-0.4, -0.2) is 43.7 Å². The molecule has 3 rings (SSSR count). The molecule has 0 aromatic carbocycles. The lowest BCUT2D eigenvalue weighted by molar-refractivity contribution is -0.385. The molecule has 9 nitrogen and oxygen atoms in total. The predicted octanol–water partition coefficient (Wildman–Crippen LogP) is 2.17. The third-order valence-corrected chi connectivity index (χ3v) is 4.04. The molecule has 0 saturated carbocycles. The van der Waals surface area contributed by atoms with Crippen LogP contribution in [0.15, 0.2) is 12.4 Å². The maximum Gasteiger partial charge on any atom is 0.333 e. The predicted molar refractivity (Wildman–Crippen MR) is 87.4 cm³/mol. The van der Waals surface area contributed by atoms with Crippen molar-refractivity contribution in [3.8, 4) is 5.82 Å². The third kappa shape index (κ3) is 3.35. The third-order valence-electron chi connectivity index (χ3n) is 4.04. The Kier molecular flexibility index (Phi) is 4.70. The second-order valence-corrected chi connectivity index (χ2v) is 5.78. The minimum Gasteiger partial charge on any atom is -0.376 e. The van der Waals surface area contributed by atoms with Gasteiger partial charge in [0.15, 0.2) is 0 Å². The Morgan fingerprint density at radius 3 is 2.88 bits per heavy atom. The molecule has 1 unspecified atom stereocenters. The van der Waals surface area contributed by atoms with Gasteiger partial charge in [0.2, 0.25) is 11.8 Å². The molecule has 9 heteroatoms. The topological polar surface area (TPSA) is 108 Å². The van der Waals surface area contributed by atoms with E-state index in [1.165, 1.54) is 0 Å². The number of nitro groups is 1. The lowest BCUT2D eigenvalue weighted by atomic mass is 10.1. The van der Waals surface area contributed by atoms with Gasteiger partial charge in [0.1, 0.15) is 11.5 Å². The quantitative estimate of drug-likeness (QED) is 0.660. The Hall–Kier alpha value is -2.55. The van der Waals surface area contributed by atoms with E-state index in [4.69, 9.17) is 4.74 Å². The SMILES string of the molecule is Cc1nc(NCC2CCCCO2)nc(-n2ccnc2C)c1[N+](=O)[O-]. The van der Waals surface area contributed by atoms with Crippen molar-refractivity contribution in [2.75, 3.05) is 18.5 Å². The van der Waals surface area contributed by atoms with Gasteiger partial charge in [0, 0.05) is 25.5 Å². The van der Waals surface area contributed by atoms with E-state index in [0.717, 1.165) is 25.9 Å². The first-order valence-electron chi connectivity index (χ1n) is 7.95. The van der Waals surface area contributed by atoms with Gasteiger partial charge in [-0.15, -0.1) is 0 Å². The average molecular weight is 332 g/mol. The highest BCUT2D eigenvalue weighted by molar-refractivity contribution is 5.54. The molecule has 1 aliphatic heterocycles. The van der Waals surface area contributed by atoms with Gasteiger partial charge in [-0.3, -0.25) is 14.7 Å². The summed E-state index contributed by atoms with van der Waals surface area (Å²) in [6, 6.07) is 0. The molecular formula is C15H20N6O3. The van der Waals surface area contributed by atoms with Gasteiger partial charge < -0.3 is 10.1 Å². The van der Waals surface area contributed by atoms with Gasteiger partial charge in [-0.2, -0.15) is 4.98 Å². The Morgan fingerprint density at radius 1 is 1.42 bits per heavy atom. The number of anilines is 1. The van der Waals surface area contributed by atoms with Crippen LogP contribution in [0.1, 0.15) is 30.8 Å². The summed E-state index contributed by atoms with van der Waals surface area (Å²) >= 11 is 0. The van der Waals surface area contributed by atoms with Gasteiger partial charge in [0.05, 0.1) is 11.0 Å². The summed E-state index contributed by atoms with van der Waals surface area (Å²) in [6.07, 6.45) is 6.58.